The molecular formula is C28H55O. The SMILES string of the molecule is CCCCCCCCCCCCCC([C]=O)CCCCCCCCCCCCC. The molecule has 0 bridgehead atoms. The Hall–Kier alpha value is -0.330. The van der Waals surface area contributed by atoms with Crippen LogP contribution in [0.4, 0.5) is 0 Å². The van der Waals surface area contributed by atoms with Gasteiger partial charge in [0.25, 0.3) is 0 Å². The minimum absolute atomic E-state index is 0.215. The first-order valence-corrected chi connectivity index (χ1v) is 13.7. The van der Waals surface area contributed by atoms with Crippen LogP contribution in [0, 0.1) is 5.92 Å². The fourth-order valence-electron chi connectivity index (χ4n) is 4.37. The van der Waals surface area contributed by atoms with Crippen molar-refractivity contribution in [3.05, 3.63) is 0 Å². The smallest absolute Gasteiger partial charge is 0.201 e. The van der Waals surface area contributed by atoms with Gasteiger partial charge in [-0.15, -0.1) is 0 Å². The highest BCUT2D eigenvalue weighted by atomic mass is 16.1. The predicted octanol–water partition coefficient (Wildman–Crippen LogP) is 10.1. The van der Waals surface area contributed by atoms with E-state index in [1.807, 2.05) is 0 Å². The van der Waals surface area contributed by atoms with Crippen LogP contribution < -0.4 is 0 Å². The van der Waals surface area contributed by atoms with Crippen LogP contribution in [0.25, 0.3) is 0 Å². The van der Waals surface area contributed by atoms with E-state index in [1.165, 1.54) is 141 Å². The van der Waals surface area contributed by atoms with E-state index in [0.717, 1.165) is 12.8 Å². The molecule has 0 aromatic heterocycles. The molecule has 0 rings (SSSR count). The quantitative estimate of drug-likeness (QED) is 0.138. The molecule has 1 nitrogen and oxygen atoms in total. The molecule has 173 valence electrons. The maximum absolute atomic E-state index is 11.2. The Balaban J connectivity index is 3.28. The molecule has 0 aliphatic rings. The fraction of sp³-hybridized carbons (Fsp3) is 0.964. The van der Waals surface area contributed by atoms with E-state index in [-0.39, 0.29) is 5.92 Å². The highest BCUT2D eigenvalue weighted by Gasteiger charge is 2.07. The van der Waals surface area contributed by atoms with Crippen LogP contribution in [0.2, 0.25) is 0 Å². The summed E-state index contributed by atoms with van der Waals surface area (Å²) < 4.78 is 0. The molecule has 0 atom stereocenters. The van der Waals surface area contributed by atoms with Crippen molar-refractivity contribution in [2.24, 2.45) is 5.92 Å². The van der Waals surface area contributed by atoms with Gasteiger partial charge in [-0.2, -0.15) is 0 Å². The van der Waals surface area contributed by atoms with Crippen molar-refractivity contribution in [3.63, 3.8) is 0 Å². The normalized spacial score (nSPS) is 11.4. The molecule has 0 aliphatic heterocycles. The van der Waals surface area contributed by atoms with Crippen LogP contribution in [0.1, 0.15) is 168 Å². The standard InChI is InChI=1S/C28H55O/c1-3-5-7-9-11-13-15-17-19-21-23-25-28(27-29)26-24-22-20-18-16-14-12-10-8-6-4-2/h28H,3-26H2,1-2H3. The van der Waals surface area contributed by atoms with E-state index in [9.17, 15) is 4.79 Å². The molecule has 0 aliphatic carbocycles. The molecule has 1 radical (unpaired) electrons. The van der Waals surface area contributed by atoms with Crippen molar-refractivity contribution in [2.45, 2.75) is 168 Å². The van der Waals surface area contributed by atoms with E-state index in [2.05, 4.69) is 20.1 Å². The Bertz CT molecular complexity index is 273. The van der Waals surface area contributed by atoms with Crippen molar-refractivity contribution in [1.29, 1.82) is 0 Å². The summed E-state index contributed by atoms with van der Waals surface area (Å²) in [6.45, 7) is 4.57. The van der Waals surface area contributed by atoms with Crippen molar-refractivity contribution >= 4 is 6.29 Å². The van der Waals surface area contributed by atoms with Crippen LogP contribution in [0.15, 0.2) is 0 Å². The van der Waals surface area contributed by atoms with Crippen LogP contribution in [0.3, 0.4) is 0 Å². The van der Waals surface area contributed by atoms with Crippen molar-refractivity contribution in [1.82, 2.24) is 0 Å². The Morgan fingerprint density at radius 3 is 0.897 bits per heavy atom. The zero-order valence-corrected chi connectivity index (χ0v) is 20.5. The molecule has 0 spiro atoms. The number of hydrogen-bond acceptors (Lipinski definition) is 1. The van der Waals surface area contributed by atoms with E-state index in [0.29, 0.717) is 0 Å². The summed E-state index contributed by atoms with van der Waals surface area (Å²) in [7, 11) is 0. The lowest BCUT2D eigenvalue weighted by molar-refractivity contribution is 0.448. The maximum Gasteiger partial charge on any atom is 0.201 e. The third-order valence-electron chi connectivity index (χ3n) is 6.48. The molecule has 0 heterocycles. The van der Waals surface area contributed by atoms with E-state index in [1.54, 1.807) is 0 Å². The molecule has 0 aromatic carbocycles. The summed E-state index contributed by atoms with van der Waals surface area (Å²) >= 11 is 0. The summed E-state index contributed by atoms with van der Waals surface area (Å²) in [5.41, 5.74) is 0. The van der Waals surface area contributed by atoms with Crippen LogP contribution in [-0.2, 0) is 4.79 Å². The fourth-order valence-corrected chi connectivity index (χ4v) is 4.37. The Morgan fingerprint density at radius 2 is 0.655 bits per heavy atom. The topological polar surface area (TPSA) is 17.1 Å². The zero-order chi connectivity index (χ0) is 21.3. The molecule has 1 heteroatoms. The largest absolute Gasteiger partial charge is 0.291 e. The van der Waals surface area contributed by atoms with Gasteiger partial charge in [0.1, 0.15) is 0 Å². The van der Waals surface area contributed by atoms with Gasteiger partial charge in [0.2, 0.25) is 6.29 Å². The van der Waals surface area contributed by atoms with Gasteiger partial charge in [0, 0.05) is 5.92 Å². The van der Waals surface area contributed by atoms with Gasteiger partial charge in [0.15, 0.2) is 0 Å². The van der Waals surface area contributed by atoms with Crippen LogP contribution in [-0.4, -0.2) is 6.29 Å². The van der Waals surface area contributed by atoms with Crippen LogP contribution in [0.5, 0.6) is 0 Å². The second kappa shape index (κ2) is 25.7. The lowest BCUT2D eigenvalue weighted by Crippen LogP contribution is -2.02. The first-order chi connectivity index (χ1) is 14.3. The molecule has 29 heavy (non-hydrogen) atoms. The summed E-state index contributed by atoms with van der Waals surface area (Å²) in [5, 5.41) is 0. The number of unbranched alkanes of at least 4 members (excludes halogenated alkanes) is 20. The molecule has 0 N–H and O–H groups in total. The second-order valence-electron chi connectivity index (χ2n) is 9.46. The Kier molecular flexibility index (Phi) is 25.4. The minimum atomic E-state index is 0.215. The average molecular weight is 408 g/mol. The lowest BCUT2D eigenvalue weighted by Gasteiger charge is -2.09. The van der Waals surface area contributed by atoms with Crippen molar-refractivity contribution < 1.29 is 4.79 Å². The molecule has 0 saturated heterocycles. The maximum atomic E-state index is 11.2. The van der Waals surface area contributed by atoms with E-state index in [4.69, 9.17) is 0 Å². The van der Waals surface area contributed by atoms with Crippen LogP contribution >= 0.6 is 0 Å². The van der Waals surface area contributed by atoms with Gasteiger partial charge in [-0.05, 0) is 12.8 Å². The van der Waals surface area contributed by atoms with E-state index >= 15 is 0 Å². The third-order valence-corrected chi connectivity index (χ3v) is 6.48. The molecule has 0 saturated carbocycles. The first-order valence-electron chi connectivity index (χ1n) is 13.7. The lowest BCUT2D eigenvalue weighted by atomic mass is 9.95. The predicted molar refractivity (Wildman–Crippen MR) is 131 cm³/mol. The summed E-state index contributed by atoms with van der Waals surface area (Å²) in [6.07, 6.45) is 34.8. The molecular weight excluding hydrogens is 352 g/mol. The van der Waals surface area contributed by atoms with Gasteiger partial charge >= 0.3 is 0 Å². The summed E-state index contributed by atoms with van der Waals surface area (Å²) in [5.74, 6) is 0.215. The van der Waals surface area contributed by atoms with Gasteiger partial charge < -0.3 is 0 Å². The first kappa shape index (κ1) is 28.7. The molecule has 0 unspecified atom stereocenters. The van der Waals surface area contributed by atoms with Gasteiger partial charge in [0.05, 0.1) is 0 Å². The highest BCUT2D eigenvalue weighted by Crippen LogP contribution is 2.18. The van der Waals surface area contributed by atoms with Gasteiger partial charge in [-0.25, -0.2) is 0 Å². The number of rotatable bonds is 25. The summed E-state index contributed by atoms with van der Waals surface area (Å²) in [6, 6.07) is 0. The van der Waals surface area contributed by atoms with Gasteiger partial charge in [-0.3, -0.25) is 4.79 Å². The summed E-state index contributed by atoms with van der Waals surface area (Å²) in [4.78, 5) is 11.2. The number of carbonyl (C=O) groups excluding carboxylic acids is 1. The zero-order valence-electron chi connectivity index (χ0n) is 20.5. The molecule has 0 amide bonds. The molecule has 0 fully saturated rings. The third kappa shape index (κ3) is 23.8. The van der Waals surface area contributed by atoms with E-state index < -0.39 is 0 Å². The second-order valence-corrected chi connectivity index (χ2v) is 9.46. The number of hydrogen-bond donors (Lipinski definition) is 0. The molecule has 0 aromatic rings. The Labute approximate surface area is 185 Å². The van der Waals surface area contributed by atoms with Crippen molar-refractivity contribution in [3.8, 4) is 0 Å². The minimum Gasteiger partial charge on any atom is -0.291 e. The Morgan fingerprint density at radius 1 is 0.414 bits per heavy atom. The van der Waals surface area contributed by atoms with Crippen molar-refractivity contribution in [2.75, 3.05) is 0 Å². The average Bonchev–Trinajstić information content (AvgIpc) is 2.74. The van der Waals surface area contributed by atoms with Gasteiger partial charge in [-0.1, -0.05) is 155 Å². The monoisotopic (exact) mass is 407 g/mol. The highest BCUT2D eigenvalue weighted by molar-refractivity contribution is 5.54.